The number of hydrogen-bond donors (Lipinski definition) is 2. The minimum absolute atomic E-state index is 0.0133. The molecule has 0 radical (unpaired) electrons. The fourth-order valence-electron chi connectivity index (χ4n) is 5.80. The third kappa shape index (κ3) is 4.85. The average Bonchev–Trinajstić information content (AvgIpc) is 3.52. The molecule has 5 atom stereocenters. The van der Waals surface area contributed by atoms with Gasteiger partial charge in [-0.3, -0.25) is 14.6 Å². The van der Waals surface area contributed by atoms with E-state index in [1.54, 1.807) is 6.07 Å². The first-order valence-electron chi connectivity index (χ1n) is 11.9. The number of sulfone groups is 2. The molecule has 16 heteroatoms. The minimum atomic E-state index is -5.18. The summed E-state index contributed by atoms with van der Waals surface area (Å²) in [5.74, 6) is -3.86. The van der Waals surface area contributed by atoms with Crippen molar-refractivity contribution >= 4 is 31.6 Å². The van der Waals surface area contributed by atoms with Crippen LogP contribution in [0.25, 0.3) is 11.1 Å². The summed E-state index contributed by atoms with van der Waals surface area (Å²) in [6, 6.07) is 5.16. The number of carboxylic acids is 1. The molecule has 1 heterocycles. The lowest BCUT2D eigenvalue weighted by Gasteiger charge is -2.31. The van der Waals surface area contributed by atoms with E-state index in [9.17, 15) is 50.0 Å². The fraction of sp³-hybridized carbons (Fsp3) is 0.440. The molecule has 2 aliphatic rings. The van der Waals surface area contributed by atoms with Crippen molar-refractivity contribution in [3.8, 4) is 17.2 Å². The standard InChI is InChI=1S/C25H24F3N3O8S2/c1-39-20-7-15(8-24(20,22(33)34)19-9-23(19,12-29)21(30)32)41(37,38)18-4-3-13(6-17(18)25(26,27)28)14-5-16(11-31-10-14)40(2,35)36/h3-6,10-11,15,19-20H,7-9H2,1-2H3,(H2,30,32)(H,33,34)/t15-,19?,20+,23?,24+/m1/s1. The molecule has 0 spiro atoms. The summed E-state index contributed by atoms with van der Waals surface area (Å²) in [7, 11) is -7.52. The molecule has 3 N–H and O–H groups in total. The zero-order valence-electron chi connectivity index (χ0n) is 21.5. The van der Waals surface area contributed by atoms with Crippen LogP contribution in [0.15, 0.2) is 46.5 Å². The van der Waals surface area contributed by atoms with Gasteiger partial charge in [-0.05, 0) is 43.0 Å². The normalized spacial score (nSPS) is 28.1. The highest BCUT2D eigenvalue weighted by Crippen LogP contribution is 2.66. The molecule has 11 nitrogen and oxygen atoms in total. The zero-order valence-corrected chi connectivity index (χ0v) is 23.2. The fourth-order valence-corrected chi connectivity index (χ4v) is 8.41. The van der Waals surface area contributed by atoms with Gasteiger partial charge < -0.3 is 15.6 Å². The van der Waals surface area contributed by atoms with Crippen LogP contribution in [0.4, 0.5) is 13.2 Å². The second-order valence-electron chi connectivity index (χ2n) is 10.3. The van der Waals surface area contributed by atoms with Gasteiger partial charge in [0.1, 0.15) is 10.8 Å². The average molecular weight is 616 g/mol. The molecule has 0 saturated heterocycles. The van der Waals surface area contributed by atoms with Gasteiger partial charge in [0.15, 0.2) is 19.7 Å². The van der Waals surface area contributed by atoms with E-state index >= 15 is 0 Å². The van der Waals surface area contributed by atoms with Crippen molar-refractivity contribution in [1.82, 2.24) is 4.98 Å². The molecule has 220 valence electrons. The molecule has 2 fully saturated rings. The van der Waals surface area contributed by atoms with E-state index in [0.29, 0.717) is 6.07 Å². The molecule has 1 amide bonds. The zero-order chi connectivity index (χ0) is 30.8. The molecule has 1 aromatic heterocycles. The summed E-state index contributed by atoms with van der Waals surface area (Å²) in [4.78, 5) is 27.0. The lowest BCUT2D eigenvalue weighted by Crippen LogP contribution is -2.44. The van der Waals surface area contributed by atoms with Crippen LogP contribution in [0.1, 0.15) is 24.8 Å². The first-order valence-corrected chi connectivity index (χ1v) is 15.4. The Bertz CT molecular complexity index is 1700. The first-order chi connectivity index (χ1) is 18.9. The summed E-state index contributed by atoms with van der Waals surface area (Å²) in [5, 5.41) is 18.1. The summed E-state index contributed by atoms with van der Waals surface area (Å²) >= 11 is 0. The number of amides is 1. The number of carbonyl (C=O) groups excluding carboxylic acids is 1. The summed E-state index contributed by atoms with van der Waals surface area (Å²) < 4.78 is 99.2. The monoisotopic (exact) mass is 615 g/mol. The molecule has 4 rings (SSSR count). The third-order valence-corrected chi connectivity index (χ3v) is 11.3. The molecule has 0 bridgehead atoms. The Kier molecular flexibility index (Phi) is 7.25. The molecule has 41 heavy (non-hydrogen) atoms. The number of carbonyl (C=O) groups is 2. The van der Waals surface area contributed by atoms with Crippen molar-refractivity contribution in [2.24, 2.45) is 22.5 Å². The number of methoxy groups -OCH3 is 1. The van der Waals surface area contributed by atoms with Gasteiger partial charge in [-0.15, -0.1) is 0 Å². The number of carboxylic acid groups (broad SMARTS) is 1. The number of rotatable bonds is 8. The van der Waals surface area contributed by atoms with Crippen molar-refractivity contribution in [2.45, 2.75) is 46.6 Å². The number of primary amides is 1. The summed E-state index contributed by atoms with van der Waals surface area (Å²) in [6.45, 7) is 0. The van der Waals surface area contributed by atoms with Crippen LogP contribution in [-0.2, 0) is 40.2 Å². The highest BCUT2D eigenvalue weighted by molar-refractivity contribution is 7.92. The van der Waals surface area contributed by atoms with Gasteiger partial charge in [0.05, 0.1) is 32.8 Å². The Labute approximate surface area is 233 Å². The Morgan fingerprint density at radius 2 is 1.80 bits per heavy atom. The molecule has 2 aromatic rings. The van der Waals surface area contributed by atoms with Crippen LogP contribution < -0.4 is 5.73 Å². The highest BCUT2D eigenvalue weighted by atomic mass is 32.2. The van der Waals surface area contributed by atoms with Gasteiger partial charge in [0, 0.05) is 37.2 Å². The molecule has 2 aliphatic carbocycles. The SMILES string of the molecule is CO[C@H]1C[C@@H](S(=O)(=O)c2ccc(-c3cncc(S(C)(=O)=O)c3)cc2C(F)(F)F)C[C@]1(C(=O)O)C1CC1(C#N)C(N)=O. The van der Waals surface area contributed by atoms with Gasteiger partial charge in [0.2, 0.25) is 5.91 Å². The largest absolute Gasteiger partial charge is 0.481 e. The van der Waals surface area contributed by atoms with Crippen LogP contribution in [0, 0.1) is 28.1 Å². The second-order valence-corrected chi connectivity index (χ2v) is 14.5. The van der Waals surface area contributed by atoms with Crippen molar-refractivity contribution in [2.75, 3.05) is 13.4 Å². The predicted octanol–water partition coefficient (Wildman–Crippen LogP) is 2.21. The van der Waals surface area contributed by atoms with Crippen molar-refractivity contribution in [3.05, 3.63) is 42.2 Å². The smallest absolute Gasteiger partial charge is 0.417 e. The molecular formula is C25H24F3N3O8S2. The van der Waals surface area contributed by atoms with Gasteiger partial charge in [0.25, 0.3) is 0 Å². The van der Waals surface area contributed by atoms with Crippen LogP contribution >= 0.6 is 0 Å². The highest BCUT2D eigenvalue weighted by Gasteiger charge is 2.75. The van der Waals surface area contributed by atoms with E-state index < -0.39 is 89.1 Å². The molecule has 2 saturated carbocycles. The third-order valence-electron chi connectivity index (χ3n) is 8.03. The number of benzene rings is 1. The molecule has 1 aromatic carbocycles. The molecule has 0 aliphatic heterocycles. The van der Waals surface area contributed by atoms with E-state index in [2.05, 4.69) is 4.98 Å². The number of nitrogens with zero attached hydrogens (tertiary/aromatic N) is 2. The van der Waals surface area contributed by atoms with Crippen LogP contribution in [-0.4, -0.2) is 63.5 Å². The quantitative estimate of drug-likeness (QED) is 0.444. The summed E-state index contributed by atoms with van der Waals surface area (Å²) in [6.07, 6.45) is -4.99. The maximum atomic E-state index is 14.2. The maximum Gasteiger partial charge on any atom is 0.417 e. The second kappa shape index (κ2) is 9.78. The van der Waals surface area contributed by atoms with Crippen molar-refractivity contribution in [1.29, 1.82) is 5.26 Å². The van der Waals surface area contributed by atoms with Gasteiger partial charge in [-0.25, -0.2) is 16.8 Å². The number of nitriles is 1. The Morgan fingerprint density at radius 1 is 1.15 bits per heavy atom. The van der Waals surface area contributed by atoms with E-state index in [-0.39, 0.29) is 22.4 Å². The lowest BCUT2D eigenvalue weighted by molar-refractivity contribution is -0.159. The molecular weight excluding hydrogens is 591 g/mol. The Hall–Kier alpha value is -3.55. The minimum Gasteiger partial charge on any atom is -0.481 e. The van der Waals surface area contributed by atoms with Crippen LogP contribution in [0.5, 0.6) is 0 Å². The van der Waals surface area contributed by atoms with Crippen molar-refractivity contribution < 1.29 is 49.4 Å². The lowest BCUT2D eigenvalue weighted by atomic mass is 9.75. The van der Waals surface area contributed by atoms with Gasteiger partial charge in [-0.1, -0.05) is 6.07 Å². The first kappa shape index (κ1) is 30.4. The predicted molar refractivity (Wildman–Crippen MR) is 134 cm³/mol. The number of ether oxygens (including phenoxy) is 1. The van der Waals surface area contributed by atoms with Gasteiger partial charge >= 0.3 is 12.1 Å². The number of halogens is 3. The topological polar surface area (TPSA) is 195 Å². The summed E-state index contributed by atoms with van der Waals surface area (Å²) in [5.41, 5.74) is -0.322. The maximum absolute atomic E-state index is 14.2. The number of aliphatic carboxylic acids is 1. The number of alkyl halides is 3. The van der Waals surface area contributed by atoms with E-state index in [4.69, 9.17) is 10.5 Å². The van der Waals surface area contributed by atoms with Crippen molar-refractivity contribution in [3.63, 3.8) is 0 Å². The Morgan fingerprint density at radius 3 is 2.29 bits per heavy atom. The van der Waals surface area contributed by atoms with Crippen LogP contribution in [0.3, 0.4) is 0 Å². The van der Waals surface area contributed by atoms with E-state index in [0.717, 1.165) is 44.0 Å². The Balaban J connectivity index is 1.81. The van der Waals surface area contributed by atoms with Gasteiger partial charge in [-0.2, -0.15) is 18.4 Å². The van der Waals surface area contributed by atoms with E-state index in [1.807, 2.05) is 0 Å². The number of nitrogens with two attached hydrogens (primary N) is 1. The number of pyridine rings is 1. The number of hydrogen-bond acceptors (Lipinski definition) is 9. The van der Waals surface area contributed by atoms with Crippen LogP contribution in [0.2, 0.25) is 0 Å². The van der Waals surface area contributed by atoms with E-state index in [1.165, 1.54) is 0 Å². The molecule has 2 unspecified atom stereocenters. The number of aromatic nitrogens is 1.